The van der Waals surface area contributed by atoms with Crippen LogP contribution in [0.1, 0.15) is 27.7 Å². The van der Waals surface area contributed by atoms with E-state index in [1.54, 1.807) is 0 Å². The van der Waals surface area contributed by atoms with E-state index in [1.807, 2.05) is 6.92 Å². The first-order valence-electron chi connectivity index (χ1n) is 5.39. The van der Waals surface area contributed by atoms with Gasteiger partial charge >= 0.3 is 5.97 Å². The monoisotopic (exact) mass is 238 g/mol. The second kappa shape index (κ2) is 5.36. The maximum absolute atomic E-state index is 11.0. The molecule has 0 radical (unpaired) electrons. The Balaban J connectivity index is 4.88. The maximum Gasteiger partial charge on any atom is 0.331 e. The summed E-state index contributed by atoms with van der Waals surface area (Å²) in [7, 11) is -0.215. The number of ether oxygens (including phenoxy) is 1. The summed E-state index contributed by atoms with van der Waals surface area (Å²) in [6.45, 7) is 13.0. The number of carbonyl (C=O) groups is 1. The molecule has 0 fully saturated rings. The number of hydrogen-bond donors (Lipinski definition) is 0. The smallest absolute Gasteiger partial charge is 0.331 e. The van der Waals surface area contributed by atoms with Gasteiger partial charge in [-0.05, 0) is 12.0 Å². The number of carbonyl (C=O) groups excluding carboxylic acids is 1. The highest BCUT2D eigenvalue weighted by atomic mass is 28.3. The van der Waals surface area contributed by atoms with Crippen LogP contribution < -0.4 is 0 Å². The van der Waals surface area contributed by atoms with Crippen LogP contribution in [0, 0.1) is 11.5 Å². The standard InChI is InChI=1S/C13H22O2Si/c1-11(10-12(14)15-5)8-9-16(6,7)13(2,3)4/h10H,1-7H3/b11-10+. The highest BCUT2D eigenvalue weighted by molar-refractivity contribution is 6.87. The van der Waals surface area contributed by atoms with Crippen molar-refractivity contribution >= 4 is 14.0 Å². The van der Waals surface area contributed by atoms with Crippen LogP contribution in [-0.2, 0) is 9.53 Å². The van der Waals surface area contributed by atoms with Gasteiger partial charge in [-0.25, -0.2) is 4.79 Å². The van der Waals surface area contributed by atoms with Crippen molar-refractivity contribution in [1.29, 1.82) is 0 Å². The largest absolute Gasteiger partial charge is 0.466 e. The minimum Gasteiger partial charge on any atom is -0.466 e. The summed E-state index contributed by atoms with van der Waals surface area (Å²) in [5.74, 6) is 2.72. The number of rotatable bonds is 1. The summed E-state index contributed by atoms with van der Waals surface area (Å²) in [5, 5.41) is 0.242. The molecule has 2 nitrogen and oxygen atoms in total. The molecule has 0 aliphatic carbocycles. The van der Waals surface area contributed by atoms with Gasteiger partial charge in [-0.2, -0.15) is 0 Å². The third kappa shape index (κ3) is 4.67. The summed E-state index contributed by atoms with van der Waals surface area (Å²) in [4.78, 5) is 11.0. The molecule has 0 saturated carbocycles. The molecule has 0 aliphatic heterocycles. The van der Waals surface area contributed by atoms with Crippen LogP contribution in [0.3, 0.4) is 0 Å². The number of esters is 1. The first-order valence-corrected chi connectivity index (χ1v) is 8.39. The average molecular weight is 238 g/mol. The average Bonchev–Trinajstić information content (AvgIpc) is 2.13. The van der Waals surface area contributed by atoms with E-state index in [-0.39, 0.29) is 11.0 Å². The molecule has 0 N–H and O–H groups in total. The second-order valence-electron chi connectivity index (χ2n) is 5.48. The minimum atomic E-state index is -1.58. The molecule has 90 valence electrons. The highest BCUT2D eigenvalue weighted by Gasteiger charge is 2.33. The molecular formula is C13H22O2Si. The van der Waals surface area contributed by atoms with Gasteiger partial charge in [0.1, 0.15) is 8.07 Å². The van der Waals surface area contributed by atoms with E-state index in [0.717, 1.165) is 5.57 Å². The quantitative estimate of drug-likeness (QED) is 0.303. The molecule has 0 aromatic heterocycles. The first kappa shape index (κ1) is 15.0. The molecule has 0 spiro atoms. The van der Waals surface area contributed by atoms with Gasteiger partial charge in [0.25, 0.3) is 0 Å². The van der Waals surface area contributed by atoms with Crippen LogP contribution >= 0.6 is 0 Å². The molecule has 0 saturated heterocycles. The van der Waals surface area contributed by atoms with Gasteiger partial charge in [-0.1, -0.05) is 39.8 Å². The Labute approximate surface area is 100 Å². The Morgan fingerprint density at radius 1 is 1.31 bits per heavy atom. The van der Waals surface area contributed by atoms with Crippen LogP contribution in [0.15, 0.2) is 11.6 Å². The second-order valence-corrected chi connectivity index (χ2v) is 10.5. The highest BCUT2D eigenvalue weighted by Crippen LogP contribution is 2.35. The van der Waals surface area contributed by atoms with Crippen molar-refractivity contribution in [2.75, 3.05) is 7.11 Å². The molecule has 0 aromatic carbocycles. The zero-order chi connectivity index (χ0) is 13.0. The Bertz CT molecular complexity index is 348. The normalized spacial score (nSPS) is 12.8. The van der Waals surface area contributed by atoms with E-state index in [2.05, 4.69) is 50.1 Å². The van der Waals surface area contributed by atoms with Crippen LogP contribution in [0.5, 0.6) is 0 Å². The fourth-order valence-corrected chi connectivity index (χ4v) is 1.60. The van der Waals surface area contributed by atoms with Crippen molar-refractivity contribution in [2.45, 2.75) is 45.8 Å². The van der Waals surface area contributed by atoms with Crippen LogP contribution in [-0.4, -0.2) is 21.2 Å². The van der Waals surface area contributed by atoms with E-state index in [0.29, 0.717) is 0 Å². The molecular weight excluding hydrogens is 216 g/mol. The molecule has 0 unspecified atom stereocenters. The molecule has 0 aromatic rings. The van der Waals surface area contributed by atoms with Crippen molar-refractivity contribution in [2.24, 2.45) is 0 Å². The van der Waals surface area contributed by atoms with E-state index < -0.39 is 8.07 Å². The summed E-state index contributed by atoms with van der Waals surface area (Å²) in [6.07, 6.45) is 1.43. The third-order valence-corrected chi connectivity index (χ3v) is 7.48. The Kier molecular flexibility index (Phi) is 5.02. The summed E-state index contributed by atoms with van der Waals surface area (Å²) >= 11 is 0. The fraction of sp³-hybridized carbons (Fsp3) is 0.615. The molecule has 0 amide bonds. The number of allylic oxidation sites excluding steroid dienone is 1. The molecule has 0 bridgehead atoms. The number of methoxy groups -OCH3 is 1. The van der Waals surface area contributed by atoms with Gasteiger partial charge in [0.15, 0.2) is 0 Å². The lowest BCUT2D eigenvalue weighted by molar-refractivity contribution is -0.134. The lowest BCUT2D eigenvalue weighted by Crippen LogP contribution is -2.35. The van der Waals surface area contributed by atoms with Crippen molar-refractivity contribution in [1.82, 2.24) is 0 Å². The summed E-state index contributed by atoms with van der Waals surface area (Å²) in [6, 6.07) is 0. The van der Waals surface area contributed by atoms with Gasteiger partial charge in [-0.15, -0.1) is 5.54 Å². The minimum absolute atomic E-state index is 0.242. The Morgan fingerprint density at radius 2 is 1.81 bits per heavy atom. The van der Waals surface area contributed by atoms with Gasteiger partial charge < -0.3 is 4.74 Å². The fourth-order valence-electron chi connectivity index (χ4n) is 0.714. The van der Waals surface area contributed by atoms with Crippen molar-refractivity contribution in [3.63, 3.8) is 0 Å². The van der Waals surface area contributed by atoms with Gasteiger partial charge in [-0.3, -0.25) is 0 Å². The lowest BCUT2D eigenvalue weighted by atomic mass is 10.2. The third-order valence-electron chi connectivity index (χ3n) is 2.98. The lowest BCUT2D eigenvalue weighted by Gasteiger charge is -2.31. The topological polar surface area (TPSA) is 26.3 Å². The van der Waals surface area contributed by atoms with E-state index in [9.17, 15) is 4.79 Å². The zero-order valence-electron chi connectivity index (χ0n) is 11.4. The van der Waals surface area contributed by atoms with Gasteiger partial charge in [0.2, 0.25) is 0 Å². The molecule has 3 heteroatoms. The first-order chi connectivity index (χ1) is 7.10. The van der Waals surface area contributed by atoms with Gasteiger partial charge in [0, 0.05) is 11.6 Å². The molecule has 0 heterocycles. The molecule has 16 heavy (non-hydrogen) atoms. The molecule has 0 atom stereocenters. The summed E-state index contributed by atoms with van der Waals surface area (Å²) in [5.41, 5.74) is 4.10. The number of hydrogen-bond acceptors (Lipinski definition) is 2. The molecule has 0 rings (SSSR count). The van der Waals surface area contributed by atoms with Crippen molar-refractivity contribution in [3.05, 3.63) is 11.6 Å². The Morgan fingerprint density at radius 3 is 2.19 bits per heavy atom. The van der Waals surface area contributed by atoms with Crippen molar-refractivity contribution < 1.29 is 9.53 Å². The predicted molar refractivity (Wildman–Crippen MR) is 70.7 cm³/mol. The van der Waals surface area contributed by atoms with Gasteiger partial charge in [0.05, 0.1) is 7.11 Å². The van der Waals surface area contributed by atoms with Crippen LogP contribution in [0.4, 0.5) is 0 Å². The van der Waals surface area contributed by atoms with E-state index in [1.165, 1.54) is 13.2 Å². The SMILES string of the molecule is COC(=O)/C=C(\C)C#C[Si](C)(C)C(C)(C)C. The van der Waals surface area contributed by atoms with E-state index in [4.69, 9.17) is 0 Å². The summed E-state index contributed by atoms with van der Waals surface area (Å²) < 4.78 is 4.55. The zero-order valence-corrected chi connectivity index (χ0v) is 12.4. The van der Waals surface area contributed by atoms with Crippen LogP contribution in [0.25, 0.3) is 0 Å². The maximum atomic E-state index is 11.0. The van der Waals surface area contributed by atoms with Crippen LogP contribution in [0.2, 0.25) is 18.1 Å². The van der Waals surface area contributed by atoms with Crippen molar-refractivity contribution in [3.8, 4) is 11.5 Å². The predicted octanol–water partition coefficient (Wildman–Crippen LogP) is 3.16. The Hall–Kier alpha value is -1.01. The molecule has 0 aliphatic rings. The van der Waals surface area contributed by atoms with E-state index >= 15 is 0 Å².